The maximum atomic E-state index is 2.16. The average molecular weight is 497 g/mol. The van der Waals surface area contributed by atoms with Crippen LogP contribution in [-0.2, 0) is 24.2 Å². The standard InChI is InChI=1S/2C9H7.C8H8.2ClH.Zr/c2*1-2-5-9-7-3-6-8(9)4-1;1-2-8-6-4-3-5-7-8;;;/h2*1-7H;3-7H,1H3;2*1H;/q2*-1;;;;+2/p-2. The van der Waals surface area contributed by atoms with E-state index < -0.39 is 0 Å². The molecule has 5 aromatic carbocycles. The molecule has 0 saturated carbocycles. The van der Waals surface area contributed by atoms with E-state index in [-0.39, 0.29) is 24.8 Å². The third-order valence-corrected chi connectivity index (χ3v) is 5.01. The molecule has 0 heterocycles. The van der Waals surface area contributed by atoms with Gasteiger partial charge < -0.3 is 24.8 Å². The Kier molecular flexibility index (Phi) is 11.7. The fourth-order valence-corrected chi connectivity index (χ4v) is 3.24. The zero-order valence-electron chi connectivity index (χ0n) is 16.2. The summed E-state index contributed by atoms with van der Waals surface area (Å²) in [5.74, 6) is 0. The molecule has 0 fully saturated rings. The van der Waals surface area contributed by atoms with E-state index in [2.05, 4.69) is 116 Å². The Hall–Kier alpha value is -1.79. The van der Waals surface area contributed by atoms with Crippen molar-refractivity contribution in [3.05, 3.63) is 121 Å². The summed E-state index contributed by atoms with van der Waals surface area (Å²) in [6, 6.07) is 39.8. The smallest absolute Gasteiger partial charge is 0.0809 e. The second-order valence-corrected chi connectivity index (χ2v) is 8.14. The van der Waals surface area contributed by atoms with E-state index in [0.717, 1.165) is 0 Å². The van der Waals surface area contributed by atoms with Gasteiger partial charge in [0.2, 0.25) is 0 Å². The maximum absolute atomic E-state index is 2.16. The van der Waals surface area contributed by atoms with Gasteiger partial charge in [0.15, 0.2) is 0 Å². The number of benzene rings is 3. The molecule has 0 bridgehead atoms. The molecule has 0 amide bonds. The van der Waals surface area contributed by atoms with Crippen LogP contribution in [0.25, 0.3) is 21.5 Å². The molecule has 29 heavy (non-hydrogen) atoms. The Labute approximate surface area is 200 Å². The maximum Gasteiger partial charge on any atom is -0.0809 e. The zero-order chi connectivity index (χ0) is 18.9. The van der Waals surface area contributed by atoms with Gasteiger partial charge >= 0.3 is 70.3 Å². The molecular weight excluding hydrogens is 474 g/mol. The minimum absolute atomic E-state index is 0. The monoisotopic (exact) mass is 494 g/mol. The minimum atomic E-state index is 0. The van der Waals surface area contributed by atoms with Crippen LogP contribution in [-0.4, -0.2) is 3.21 Å². The van der Waals surface area contributed by atoms with Crippen molar-refractivity contribution in [2.75, 3.05) is 0 Å². The fourth-order valence-electron chi connectivity index (χ4n) is 2.83. The third kappa shape index (κ3) is 7.86. The van der Waals surface area contributed by atoms with Crippen molar-refractivity contribution in [1.82, 2.24) is 0 Å². The SMILES string of the molecule is C[C](=[Zr+2])c1ccccc1.[Cl-].[Cl-].c1ccc2[cH-]ccc2c1.c1ccc2[cH-]ccc2c1. The third-order valence-electron chi connectivity index (χ3n) is 4.30. The first-order valence-corrected chi connectivity index (χ1v) is 10.3. The van der Waals surface area contributed by atoms with Crippen molar-refractivity contribution in [2.24, 2.45) is 0 Å². The van der Waals surface area contributed by atoms with Crippen molar-refractivity contribution >= 4 is 24.8 Å². The van der Waals surface area contributed by atoms with E-state index in [9.17, 15) is 0 Å². The summed E-state index contributed by atoms with van der Waals surface area (Å²) < 4.78 is 1.46. The van der Waals surface area contributed by atoms with Crippen molar-refractivity contribution in [3.8, 4) is 0 Å². The average Bonchev–Trinajstić information content (AvgIpc) is 3.39. The van der Waals surface area contributed by atoms with Crippen LogP contribution < -0.4 is 24.8 Å². The molecule has 0 N–H and O–H groups in total. The van der Waals surface area contributed by atoms with Crippen molar-refractivity contribution in [2.45, 2.75) is 6.92 Å². The van der Waals surface area contributed by atoms with Gasteiger partial charge in [-0.1, -0.05) is 12.1 Å². The molecule has 5 aromatic rings. The molecule has 0 aliphatic carbocycles. The number of hydrogen-bond acceptors (Lipinski definition) is 0. The van der Waals surface area contributed by atoms with Crippen LogP contribution in [0.1, 0.15) is 12.5 Å². The molecule has 146 valence electrons. The van der Waals surface area contributed by atoms with E-state index >= 15 is 0 Å². The molecule has 0 radical (unpaired) electrons. The molecule has 0 atom stereocenters. The topological polar surface area (TPSA) is 0 Å². The summed E-state index contributed by atoms with van der Waals surface area (Å²) in [6.07, 6.45) is 0. The quantitative estimate of drug-likeness (QED) is 0.303. The van der Waals surface area contributed by atoms with Crippen molar-refractivity contribution < 1.29 is 49.0 Å². The predicted octanol–water partition coefficient (Wildman–Crippen LogP) is 0.899. The Morgan fingerprint density at radius 1 is 0.586 bits per heavy atom. The fraction of sp³-hybridized carbons (Fsp3) is 0.0385. The molecule has 0 spiro atoms. The molecular formula is C26H22Cl2Zr-2. The van der Waals surface area contributed by atoms with Gasteiger partial charge in [-0.15, -0.1) is 59.3 Å². The van der Waals surface area contributed by atoms with E-state index in [1.165, 1.54) is 54.5 Å². The van der Waals surface area contributed by atoms with Gasteiger partial charge in [-0.05, 0) is 0 Å². The van der Waals surface area contributed by atoms with Crippen LogP contribution >= 0.6 is 0 Å². The molecule has 3 heteroatoms. The number of halogens is 2. The molecule has 0 saturated heterocycles. The summed E-state index contributed by atoms with van der Waals surface area (Å²) in [6.45, 7) is 2.16. The molecule has 5 rings (SSSR count). The molecule has 0 aliphatic heterocycles. The molecule has 0 aliphatic rings. The zero-order valence-corrected chi connectivity index (χ0v) is 20.2. The van der Waals surface area contributed by atoms with E-state index in [4.69, 9.17) is 0 Å². The van der Waals surface area contributed by atoms with Gasteiger partial charge in [0.25, 0.3) is 0 Å². The minimum Gasteiger partial charge on any atom is -1.00 e. The first-order valence-electron chi connectivity index (χ1n) is 9.05. The van der Waals surface area contributed by atoms with Crippen LogP contribution in [0, 0.1) is 0 Å². The predicted molar refractivity (Wildman–Crippen MR) is 115 cm³/mol. The largest absolute Gasteiger partial charge is 1.00 e. The second-order valence-electron chi connectivity index (χ2n) is 6.30. The summed E-state index contributed by atoms with van der Waals surface area (Å²) in [5, 5.41) is 5.32. The van der Waals surface area contributed by atoms with Gasteiger partial charge in [-0.2, -0.15) is 35.0 Å². The number of fused-ring (bicyclic) bond motifs is 2. The van der Waals surface area contributed by atoms with Crippen molar-refractivity contribution in [1.29, 1.82) is 0 Å². The van der Waals surface area contributed by atoms with Crippen molar-refractivity contribution in [3.63, 3.8) is 0 Å². The van der Waals surface area contributed by atoms with Gasteiger partial charge in [-0.25, -0.2) is 0 Å². The summed E-state index contributed by atoms with van der Waals surface area (Å²) >= 11 is 1.51. The van der Waals surface area contributed by atoms with E-state index in [0.29, 0.717) is 0 Å². The number of hydrogen-bond donors (Lipinski definition) is 0. The Balaban J connectivity index is 0.000000210. The first-order chi connectivity index (χ1) is 13.2. The Morgan fingerprint density at radius 2 is 1.00 bits per heavy atom. The van der Waals surface area contributed by atoms with Crippen LogP contribution in [0.2, 0.25) is 0 Å². The Morgan fingerprint density at radius 3 is 1.38 bits per heavy atom. The van der Waals surface area contributed by atoms with E-state index in [1.54, 1.807) is 0 Å². The van der Waals surface area contributed by atoms with Crippen LogP contribution in [0.5, 0.6) is 0 Å². The normalized spacial score (nSPS) is 9.21. The van der Waals surface area contributed by atoms with Gasteiger partial charge in [-0.3, -0.25) is 0 Å². The second kappa shape index (κ2) is 13.4. The summed E-state index contributed by atoms with van der Waals surface area (Å²) in [5.41, 5.74) is 1.37. The van der Waals surface area contributed by atoms with Crippen LogP contribution in [0.3, 0.4) is 0 Å². The summed E-state index contributed by atoms with van der Waals surface area (Å²) in [4.78, 5) is 0. The van der Waals surface area contributed by atoms with Gasteiger partial charge in [0.1, 0.15) is 0 Å². The number of rotatable bonds is 1. The van der Waals surface area contributed by atoms with Gasteiger partial charge in [0.05, 0.1) is 0 Å². The van der Waals surface area contributed by atoms with E-state index in [1.807, 2.05) is 6.07 Å². The Bertz CT molecular complexity index is 981. The van der Waals surface area contributed by atoms with Crippen LogP contribution in [0.15, 0.2) is 115 Å². The first kappa shape index (κ1) is 25.2. The molecule has 0 unspecified atom stereocenters. The molecule has 0 nitrogen and oxygen atoms in total. The van der Waals surface area contributed by atoms with Crippen LogP contribution in [0.4, 0.5) is 0 Å². The van der Waals surface area contributed by atoms with Gasteiger partial charge in [0, 0.05) is 0 Å². The summed E-state index contributed by atoms with van der Waals surface area (Å²) in [7, 11) is 0. The molecule has 0 aromatic heterocycles.